The Hall–Kier alpha value is -4.06. The van der Waals surface area contributed by atoms with Crippen LogP contribution in [-0.2, 0) is 35.2 Å². The lowest BCUT2D eigenvalue weighted by atomic mass is 10.1. The van der Waals surface area contributed by atoms with Crippen molar-refractivity contribution in [3.8, 4) is 0 Å². The van der Waals surface area contributed by atoms with Gasteiger partial charge in [-0.1, -0.05) is 134 Å². The highest BCUT2D eigenvalue weighted by Gasteiger charge is 1.98. The van der Waals surface area contributed by atoms with Crippen LogP contribution in [0.25, 0.3) is 0 Å². The minimum absolute atomic E-state index is 0. The molecule has 0 aromatic heterocycles. The number of aliphatic imine (C=N–C) groups is 1. The molecule has 5 nitrogen and oxygen atoms in total. The zero-order chi connectivity index (χ0) is 39.6. The number of rotatable bonds is 25. The van der Waals surface area contributed by atoms with Crippen molar-refractivity contribution in [1.29, 1.82) is 0 Å². The van der Waals surface area contributed by atoms with E-state index in [2.05, 4.69) is 93.4 Å². The monoisotopic (exact) mass is 765 g/mol. The Kier molecular flexibility index (Phi) is 30.5. The maximum Gasteiger partial charge on any atom is 0.150 e. The summed E-state index contributed by atoms with van der Waals surface area (Å²) in [6.07, 6.45) is 21.7. The number of carbonyl (C=O) groups excluding carboxylic acids is 1. The fourth-order valence-electron chi connectivity index (χ4n) is 5.64. The Bertz CT molecular complexity index is 1500. The van der Waals surface area contributed by atoms with Crippen molar-refractivity contribution in [2.45, 2.75) is 138 Å². The number of ether oxygens (including phenoxy) is 2. The van der Waals surface area contributed by atoms with Crippen LogP contribution in [0.15, 0.2) is 102 Å². The minimum Gasteiger partial charge on any atom is -0.399 e. The van der Waals surface area contributed by atoms with E-state index < -0.39 is 0 Å². The van der Waals surface area contributed by atoms with Crippen LogP contribution < -0.4 is 5.73 Å². The zero-order valence-electron chi connectivity index (χ0n) is 34.8. The van der Waals surface area contributed by atoms with Crippen molar-refractivity contribution in [1.82, 2.24) is 0 Å². The number of aryl methyl sites for hydroxylation is 4. The van der Waals surface area contributed by atoms with Gasteiger partial charge in [0, 0.05) is 43.9 Å². The van der Waals surface area contributed by atoms with Crippen LogP contribution >= 0.6 is 0 Å². The topological polar surface area (TPSA) is 73.9 Å². The predicted octanol–water partition coefficient (Wildman–Crippen LogP) is 13.8. The molecule has 56 heavy (non-hydrogen) atoms. The van der Waals surface area contributed by atoms with E-state index in [1.54, 1.807) is 0 Å². The average Bonchev–Trinajstić information content (AvgIpc) is 3.23. The second-order valence-electron chi connectivity index (χ2n) is 14.3. The fourth-order valence-corrected chi connectivity index (χ4v) is 5.64. The van der Waals surface area contributed by atoms with Gasteiger partial charge in [0.05, 0.1) is 5.69 Å². The molecule has 308 valence electrons. The molecule has 0 radical (unpaired) electrons. The van der Waals surface area contributed by atoms with E-state index in [9.17, 15) is 4.79 Å². The summed E-state index contributed by atoms with van der Waals surface area (Å²) in [4.78, 5) is 15.1. The number of hydrogen-bond donors (Lipinski definition) is 1. The maximum absolute atomic E-state index is 10.5. The third-order valence-corrected chi connectivity index (χ3v) is 9.30. The van der Waals surface area contributed by atoms with Crippen molar-refractivity contribution >= 4 is 23.9 Å². The molecule has 0 bridgehead atoms. The minimum atomic E-state index is 0. The van der Waals surface area contributed by atoms with Crippen LogP contribution in [0.4, 0.5) is 11.4 Å². The second-order valence-corrected chi connectivity index (χ2v) is 14.3. The van der Waals surface area contributed by atoms with Gasteiger partial charge in [-0.25, -0.2) is 0 Å². The normalized spacial score (nSPS) is 10.6. The molecule has 4 aromatic rings. The molecule has 4 rings (SSSR count). The Morgan fingerprint density at radius 3 is 1.23 bits per heavy atom. The quantitative estimate of drug-likeness (QED) is 0.0316. The molecule has 0 aliphatic heterocycles. The Morgan fingerprint density at radius 2 is 0.821 bits per heavy atom. The molecule has 0 heterocycles. The number of unbranched alkanes of at least 4 members (excludes halogenated alkanes) is 6. The third kappa shape index (κ3) is 25.2. The van der Waals surface area contributed by atoms with Gasteiger partial charge in [-0.05, 0) is 129 Å². The van der Waals surface area contributed by atoms with Gasteiger partial charge in [-0.15, -0.1) is 0 Å². The standard InChI is InChI=1S/C25H35NO.C15H22O2.C10H15N.CH4/c1-3-5-9-22-15-17-25(18-16-22)26-21-24-13-11-23(12-14-24)10-7-8-20-27-19-6-4-2;1-2-3-11-17-12-5-4-6-14-7-9-15(13-16)10-8-14;1-2-3-4-9-5-7-10(11)8-6-9;/h11-18,21H,3-10,19-20H2,1-2H3;7-10,13H,2-6,11-12H2,1H3;5-8H,2-4,11H2,1H3;1H4. The summed E-state index contributed by atoms with van der Waals surface area (Å²) in [5.74, 6) is 0. The smallest absolute Gasteiger partial charge is 0.150 e. The van der Waals surface area contributed by atoms with Gasteiger partial charge in [0.2, 0.25) is 0 Å². The number of carbonyl (C=O) groups is 1. The van der Waals surface area contributed by atoms with Crippen LogP contribution in [0.3, 0.4) is 0 Å². The van der Waals surface area contributed by atoms with E-state index in [4.69, 9.17) is 15.2 Å². The van der Waals surface area contributed by atoms with Crippen molar-refractivity contribution < 1.29 is 14.3 Å². The molecule has 0 aliphatic carbocycles. The Labute approximate surface area is 342 Å². The van der Waals surface area contributed by atoms with Gasteiger partial charge >= 0.3 is 0 Å². The number of anilines is 1. The van der Waals surface area contributed by atoms with Gasteiger partial charge in [0.1, 0.15) is 6.29 Å². The average molecular weight is 765 g/mol. The first kappa shape index (κ1) is 50.0. The SMILES string of the molecule is C.CCCCOCCCCc1ccc(C=Nc2ccc(CCCC)cc2)cc1.CCCCOCCCCc1ccc(C=O)cc1.CCCCc1ccc(N)cc1. The Balaban J connectivity index is 0.000000461. The molecule has 0 unspecified atom stereocenters. The molecule has 0 atom stereocenters. The highest BCUT2D eigenvalue weighted by atomic mass is 16.5. The summed E-state index contributed by atoms with van der Waals surface area (Å²) in [5, 5.41) is 0. The van der Waals surface area contributed by atoms with E-state index in [-0.39, 0.29) is 7.43 Å². The van der Waals surface area contributed by atoms with E-state index in [0.717, 1.165) is 100 Å². The molecule has 5 heteroatoms. The van der Waals surface area contributed by atoms with Crippen molar-refractivity contribution in [2.24, 2.45) is 4.99 Å². The first-order chi connectivity index (χ1) is 27.0. The van der Waals surface area contributed by atoms with Gasteiger partial charge in [-0.2, -0.15) is 0 Å². The molecular formula is C51H76N2O3. The highest BCUT2D eigenvalue weighted by Crippen LogP contribution is 2.16. The lowest BCUT2D eigenvalue weighted by molar-refractivity contribution is 0.112. The van der Waals surface area contributed by atoms with Crippen LogP contribution in [-0.4, -0.2) is 38.9 Å². The number of hydrogen-bond acceptors (Lipinski definition) is 5. The van der Waals surface area contributed by atoms with E-state index >= 15 is 0 Å². The summed E-state index contributed by atoms with van der Waals surface area (Å²) in [6, 6.07) is 33.3. The van der Waals surface area contributed by atoms with Gasteiger partial charge in [-0.3, -0.25) is 9.79 Å². The van der Waals surface area contributed by atoms with Crippen LogP contribution in [0, 0.1) is 0 Å². The Morgan fingerprint density at radius 1 is 0.464 bits per heavy atom. The second kappa shape index (κ2) is 34.2. The van der Waals surface area contributed by atoms with Crippen molar-refractivity contribution in [3.63, 3.8) is 0 Å². The summed E-state index contributed by atoms with van der Waals surface area (Å²) in [5.41, 5.74) is 14.8. The number of nitrogen functional groups attached to an aromatic ring is 1. The zero-order valence-corrected chi connectivity index (χ0v) is 34.8. The largest absolute Gasteiger partial charge is 0.399 e. The number of nitrogens with two attached hydrogens (primary N) is 1. The summed E-state index contributed by atoms with van der Waals surface area (Å²) < 4.78 is 11.1. The van der Waals surface area contributed by atoms with Crippen LogP contribution in [0.1, 0.15) is 150 Å². The molecular weight excluding hydrogens is 689 g/mol. The van der Waals surface area contributed by atoms with E-state index in [1.807, 2.05) is 42.6 Å². The predicted molar refractivity (Wildman–Crippen MR) is 244 cm³/mol. The van der Waals surface area contributed by atoms with Crippen molar-refractivity contribution in [2.75, 3.05) is 32.2 Å². The van der Waals surface area contributed by atoms with Gasteiger partial charge in [0.25, 0.3) is 0 Å². The van der Waals surface area contributed by atoms with Gasteiger partial charge < -0.3 is 15.2 Å². The third-order valence-electron chi connectivity index (χ3n) is 9.30. The highest BCUT2D eigenvalue weighted by molar-refractivity contribution is 5.82. The molecule has 0 saturated heterocycles. The lowest BCUT2D eigenvalue weighted by Gasteiger charge is -2.04. The molecule has 4 aromatic carbocycles. The maximum atomic E-state index is 10.5. The molecule has 2 N–H and O–H groups in total. The van der Waals surface area contributed by atoms with Gasteiger partial charge in [0.15, 0.2) is 0 Å². The molecule has 0 spiro atoms. The summed E-state index contributed by atoms with van der Waals surface area (Å²) in [7, 11) is 0. The summed E-state index contributed by atoms with van der Waals surface area (Å²) in [6.45, 7) is 12.4. The lowest BCUT2D eigenvalue weighted by Crippen LogP contribution is -1.97. The first-order valence-corrected chi connectivity index (χ1v) is 21.3. The molecule has 0 fully saturated rings. The fraction of sp³-hybridized carbons (Fsp3) is 0.490. The molecule has 0 amide bonds. The van der Waals surface area contributed by atoms with Crippen molar-refractivity contribution in [3.05, 3.63) is 130 Å². The molecule has 0 aliphatic rings. The number of aldehydes is 1. The molecule has 0 saturated carbocycles. The van der Waals surface area contributed by atoms with E-state index in [0.29, 0.717) is 0 Å². The van der Waals surface area contributed by atoms with E-state index in [1.165, 1.54) is 80.0 Å². The number of benzene rings is 4. The number of nitrogens with zero attached hydrogens (tertiary/aromatic N) is 1. The van der Waals surface area contributed by atoms with Crippen LogP contribution in [0.2, 0.25) is 0 Å². The van der Waals surface area contributed by atoms with Crippen LogP contribution in [0.5, 0.6) is 0 Å². The summed E-state index contributed by atoms with van der Waals surface area (Å²) >= 11 is 0. The first-order valence-electron chi connectivity index (χ1n) is 21.3.